The van der Waals surface area contributed by atoms with Crippen LogP contribution in [-0.4, -0.2) is 73.4 Å². The number of pyridine rings is 2. The second-order valence-corrected chi connectivity index (χ2v) is 9.04. The Balaban J connectivity index is 1.34. The second-order valence-electron chi connectivity index (χ2n) is 9.04. The topological polar surface area (TPSA) is 92.1 Å². The van der Waals surface area contributed by atoms with E-state index in [4.69, 9.17) is 0 Å². The van der Waals surface area contributed by atoms with E-state index >= 15 is 0 Å². The van der Waals surface area contributed by atoms with Gasteiger partial charge in [0.15, 0.2) is 0 Å². The second kappa shape index (κ2) is 9.79. The molecule has 35 heavy (non-hydrogen) atoms. The summed E-state index contributed by atoms with van der Waals surface area (Å²) in [6.45, 7) is 10.7. The highest BCUT2D eigenvalue weighted by atomic mass is 16.2. The number of piperazine rings is 1. The first-order valence-electron chi connectivity index (χ1n) is 12.1. The van der Waals surface area contributed by atoms with Crippen LogP contribution in [-0.2, 0) is 0 Å². The number of nitrogens with one attached hydrogen (secondary N) is 1. The normalized spacial score (nSPS) is 14.6. The van der Waals surface area contributed by atoms with Gasteiger partial charge in [-0.25, -0.2) is 14.6 Å². The van der Waals surface area contributed by atoms with E-state index in [2.05, 4.69) is 57.3 Å². The Morgan fingerprint density at radius 2 is 1.66 bits per heavy atom. The van der Waals surface area contributed by atoms with Crippen LogP contribution in [0.15, 0.2) is 54.9 Å². The van der Waals surface area contributed by atoms with E-state index < -0.39 is 0 Å². The molecule has 9 heteroatoms. The molecule has 1 aromatic carbocycles. The average Bonchev–Trinajstić information content (AvgIpc) is 3.32. The van der Waals surface area contributed by atoms with Gasteiger partial charge in [-0.1, -0.05) is 18.2 Å². The molecule has 0 saturated carbocycles. The number of anilines is 2. The molecule has 1 N–H and O–H groups in total. The number of fused-ring (bicyclic) bond motifs is 1. The van der Waals surface area contributed by atoms with E-state index in [1.807, 2.05) is 33.8 Å². The largest absolute Gasteiger partial charge is 0.336 e. The molecule has 4 heterocycles. The maximum Gasteiger partial charge on any atom is 0.254 e. The van der Waals surface area contributed by atoms with Gasteiger partial charge in [-0.15, -0.1) is 5.10 Å². The third-order valence-electron chi connectivity index (χ3n) is 6.42. The standard InChI is InChI=1S/C26H30N8O/c1-4-32-11-13-33(14-12-32)26(35)21-8-10-28-25(17-21)29-24-16-20(7-9-27-24)19-5-6-22-23(15-19)34(18(2)3)31-30-22/h5-10,15-18H,4,11-14H2,1-3H3,(H,27,28,29). The molecule has 0 bridgehead atoms. The van der Waals surface area contributed by atoms with Crippen molar-refractivity contribution in [3.8, 4) is 11.1 Å². The van der Waals surface area contributed by atoms with Crippen molar-refractivity contribution in [1.29, 1.82) is 0 Å². The predicted molar refractivity (Wildman–Crippen MR) is 137 cm³/mol. The SMILES string of the molecule is CCN1CCN(C(=O)c2ccnc(Nc3cc(-c4ccc5nnn(C(C)C)c5c4)ccn3)c2)CC1. The predicted octanol–water partition coefficient (Wildman–Crippen LogP) is 3.99. The Morgan fingerprint density at radius 1 is 0.943 bits per heavy atom. The molecule has 0 radical (unpaired) electrons. The van der Waals surface area contributed by atoms with Crippen molar-refractivity contribution >= 4 is 28.6 Å². The molecule has 1 amide bonds. The lowest BCUT2D eigenvalue weighted by atomic mass is 10.1. The molecule has 0 aliphatic carbocycles. The first-order valence-corrected chi connectivity index (χ1v) is 12.1. The Kier molecular flexibility index (Phi) is 6.41. The van der Waals surface area contributed by atoms with Crippen LogP contribution in [0.5, 0.6) is 0 Å². The maximum atomic E-state index is 13.0. The van der Waals surface area contributed by atoms with E-state index in [1.165, 1.54) is 0 Å². The number of carbonyl (C=O) groups excluding carboxylic acids is 1. The van der Waals surface area contributed by atoms with Gasteiger partial charge in [-0.05, 0) is 67.9 Å². The Hall–Kier alpha value is -3.85. The highest BCUT2D eigenvalue weighted by Crippen LogP contribution is 2.27. The lowest BCUT2D eigenvalue weighted by Crippen LogP contribution is -2.48. The highest BCUT2D eigenvalue weighted by Gasteiger charge is 2.21. The minimum Gasteiger partial charge on any atom is -0.336 e. The summed E-state index contributed by atoms with van der Waals surface area (Å²) in [7, 11) is 0. The van der Waals surface area contributed by atoms with E-state index in [9.17, 15) is 4.79 Å². The Bertz CT molecular complexity index is 1340. The van der Waals surface area contributed by atoms with Crippen molar-refractivity contribution in [2.75, 3.05) is 38.0 Å². The van der Waals surface area contributed by atoms with Crippen molar-refractivity contribution in [3.05, 3.63) is 60.4 Å². The summed E-state index contributed by atoms with van der Waals surface area (Å²) in [6.07, 6.45) is 3.43. The van der Waals surface area contributed by atoms with E-state index in [0.29, 0.717) is 17.2 Å². The van der Waals surface area contributed by atoms with Gasteiger partial charge in [-0.3, -0.25) is 4.79 Å². The molecule has 0 atom stereocenters. The molecular formula is C26H30N8O. The number of likely N-dealkylation sites (N-methyl/N-ethyl adjacent to an activating group) is 1. The smallest absolute Gasteiger partial charge is 0.254 e. The molecule has 180 valence electrons. The molecule has 1 saturated heterocycles. The van der Waals surface area contributed by atoms with Gasteiger partial charge in [0, 0.05) is 50.2 Å². The third kappa shape index (κ3) is 4.85. The number of aromatic nitrogens is 5. The van der Waals surface area contributed by atoms with Crippen molar-refractivity contribution in [2.45, 2.75) is 26.8 Å². The van der Waals surface area contributed by atoms with Crippen LogP contribution in [0.4, 0.5) is 11.6 Å². The molecule has 4 aromatic rings. The number of hydrogen-bond acceptors (Lipinski definition) is 7. The van der Waals surface area contributed by atoms with Crippen LogP contribution in [0.3, 0.4) is 0 Å². The van der Waals surface area contributed by atoms with Crippen LogP contribution in [0, 0.1) is 0 Å². The van der Waals surface area contributed by atoms with Gasteiger partial charge in [0.25, 0.3) is 5.91 Å². The number of nitrogens with zero attached hydrogens (tertiary/aromatic N) is 7. The summed E-state index contributed by atoms with van der Waals surface area (Å²) in [5.74, 6) is 1.29. The minimum absolute atomic E-state index is 0.0385. The average molecular weight is 471 g/mol. The van der Waals surface area contributed by atoms with Crippen molar-refractivity contribution in [1.82, 2.24) is 34.8 Å². The number of benzene rings is 1. The molecule has 0 spiro atoms. The molecule has 3 aromatic heterocycles. The summed E-state index contributed by atoms with van der Waals surface area (Å²) in [4.78, 5) is 26.2. The van der Waals surface area contributed by atoms with Crippen LogP contribution >= 0.6 is 0 Å². The van der Waals surface area contributed by atoms with E-state index in [-0.39, 0.29) is 11.9 Å². The van der Waals surface area contributed by atoms with Gasteiger partial charge in [0.2, 0.25) is 0 Å². The summed E-state index contributed by atoms with van der Waals surface area (Å²) in [5, 5.41) is 11.8. The maximum absolute atomic E-state index is 13.0. The first-order chi connectivity index (χ1) is 17.0. The van der Waals surface area contributed by atoms with E-state index in [1.54, 1.807) is 24.5 Å². The van der Waals surface area contributed by atoms with Gasteiger partial charge < -0.3 is 15.1 Å². The minimum atomic E-state index is 0.0385. The van der Waals surface area contributed by atoms with Gasteiger partial charge in [-0.2, -0.15) is 0 Å². The fourth-order valence-corrected chi connectivity index (χ4v) is 4.39. The lowest BCUT2D eigenvalue weighted by molar-refractivity contribution is 0.0643. The molecule has 9 nitrogen and oxygen atoms in total. The third-order valence-corrected chi connectivity index (χ3v) is 6.42. The number of rotatable bonds is 6. The molecular weight excluding hydrogens is 440 g/mol. The number of hydrogen-bond donors (Lipinski definition) is 1. The van der Waals surface area contributed by atoms with Gasteiger partial charge in [0.05, 0.1) is 5.52 Å². The summed E-state index contributed by atoms with van der Waals surface area (Å²) in [5.41, 5.74) is 4.56. The monoisotopic (exact) mass is 470 g/mol. The number of amides is 1. The van der Waals surface area contributed by atoms with Crippen LogP contribution in [0.2, 0.25) is 0 Å². The first kappa shape index (κ1) is 22.9. The zero-order chi connectivity index (χ0) is 24.4. The number of carbonyl (C=O) groups is 1. The van der Waals surface area contributed by atoms with Crippen molar-refractivity contribution in [2.24, 2.45) is 0 Å². The molecule has 5 rings (SSSR count). The highest BCUT2D eigenvalue weighted by molar-refractivity contribution is 5.95. The van der Waals surface area contributed by atoms with Crippen molar-refractivity contribution in [3.63, 3.8) is 0 Å². The lowest BCUT2D eigenvalue weighted by Gasteiger charge is -2.34. The van der Waals surface area contributed by atoms with E-state index in [0.717, 1.165) is 54.9 Å². The van der Waals surface area contributed by atoms with Crippen LogP contribution in [0.1, 0.15) is 37.2 Å². The van der Waals surface area contributed by atoms with Gasteiger partial charge in [0.1, 0.15) is 17.2 Å². The zero-order valence-electron chi connectivity index (χ0n) is 20.3. The summed E-state index contributed by atoms with van der Waals surface area (Å²) >= 11 is 0. The van der Waals surface area contributed by atoms with Crippen LogP contribution in [0.25, 0.3) is 22.2 Å². The Morgan fingerprint density at radius 3 is 2.40 bits per heavy atom. The zero-order valence-corrected chi connectivity index (χ0v) is 20.3. The van der Waals surface area contributed by atoms with Gasteiger partial charge >= 0.3 is 0 Å². The quantitative estimate of drug-likeness (QED) is 0.455. The van der Waals surface area contributed by atoms with Crippen molar-refractivity contribution < 1.29 is 4.79 Å². The fourth-order valence-electron chi connectivity index (χ4n) is 4.39. The summed E-state index contributed by atoms with van der Waals surface area (Å²) in [6, 6.07) is 13.9. The molecule has 0 unspecified atom stereocenters. The summed E-state index contributed by atoms with van der Waals surface area (Å²) < 4.78 is 1.92. The molecule has 1 aliphatic heterocycles. The molecule has 1 fully saturated rings. The molecule has 1 aliphatic rings. The Labute approximate surface area is 204 Å². The fraction of sp³-hybridized carbons (Fsp3) is 0.346. The van der Waals surface area contributed by atoms with Crippen LogP contribution < -0.4 is 5.32 Å².